The van der Waals surface area contributed by atoms with E-state index in [0.717, 1.165) is 19.4 Å². The summed E-state index contributed by atoms with van der Waals surface area (Å²) in [7, 11) is 0. The van der Waals surface area contributed by atoms with Crippen LogP contribution in [0, 0.1) is 0 Å². The van der Waals surface area contributed by atoms with E-state index in [0.29, 0.717) is 9.99 Å². The Morgan fingerprint density at radius 1 is 1.10 bits per heavy atom. The lowest BCUT2D eigenvalue weighted by molar-refractivity contribution is 0.0948. The molecule has 0 aliphatic rings. The summed E-state index contributed by atoms with van der Waals surface area (Å²) in [6.07, 6.45) is 1.97. The number of hydrazine groups is 1. The quantitative estimate of drug-likeness (QED) is 0.450. The summed E-state index contributed by atoms with van der Waals surface area (Å²) in [5, 5.41) is 5.34. The Hall–Kier alpha value is -1.92. The van der Waals surface area contributed by atoms with E-state index >= 15 is 0 Å². The van der Waals surface area contributed by atoms with Crippen molar-refractivity contribution in [2.24, 2.45) is 0 Å². The molecule has 0 saturated carbocycles. The summed E-state index contributed by atoms with van der Waals surface area (Å²) < 4.78 is 0. The van der Waals surface area contributed by atoms with E-state index in [-0.39, 0.29) is 5.91 Å². The molecule has 1 aromatic carbocycles. The minimum absolute atomic E-state index is 0.182. The minimum Gasteiger partial charge on any atom is -0.361 e. The number of amides is 1. The van der Waals surface area contributed by atoms with Gasteiger partial charge in [0.25, 0.3) is 5.91 Å². The van der Waals surface area contributed by atoms with Gasteiger partial charge >= 0.3 is 0 Å². The lowest BCUT2D eigenvalue weighted by atomic mass is 10.1. The second-order valence-corrected chi connectivity index (χ2v) is 5.76. The van der Waals surface area contributed by atoms with Crippen molar-refractivity contribution in [2.75, 3.05) is 6.54 Å². The molecular weight excluding hydrogens is 302 g/mol. The first-order valence-electron chi connectivity index (χ1n) is 6.67. The molecule has 0 atom stereocenters. The third-order valence-electron chi connectivity index (χ3n) is 2.81. The van der Waals surface area contributed by atoms with Gasteiger partial charge in [-0.2, -0.15) is 0 Å². The predicted octanol–water partition coefficient (Wildman–Crippen LogP) is 2.49. The number of thiocarbonyl (C=S) groups is 1. The van der Waals surface area contributed by atoms with Crippen molar-refractivity contribution in [2.45, 2.75) is 12.8 Å². The molecule has 2 rings (SSSR count). The first kappa shape index (κ1) is 15.5. The van der Waals surface area contributed by atoms with Gasteiger partial charge in [0.2, 0.25) is 0 Å². The molecule has 0 aliphatic carbocycles. The SMILES string of the molecule is O=C(NNC(=S)NCCCc1ccccc1)c1cccs1. The van der Waals surface area contributed by atoms with Crippen molar-refractivity contribution in [3.05, 3.63) is 58.3 Å². The van der Waals surface area contributed by atoms with E-state index in [2.05, 4.69) is 28.3 Å². The van der Waals surface area contributed by atoms with E-state index in [1.54, 1.807) is 6.07 Å². The second kappa shape index (κ2) is 8.39. The van der Waals surface area contributed by atoms with Crippen molar-refractivity contribution in [1.29, 1.82) is 0 Å². The smallest absolute Gasteiger partial charge is 0.279 e. The number of carbonyl (C=O) groups is 1. The molecule has 1 amide bonds. The first-order valence-corrected chi connectivity index (χ1v) is 7.96. The van der Waals surface area contributed by atoms with Gasteiger partial charge in [-0.25, -0.2) is 0 Å². The van der Waals surface area contributed by atoms with E-state index in [9.17, 15) is 4.79 Å². The van der Waals surface area contributed by atoms with Crippen molar-refractivity contribution in [1.82, 2.24) is 16.2 Å². The van der Waals surface area contributed by atoms with Crippen molar-refractivity contribution >= 4 is 34.6 Å². The average Bonchev–Trinajstić information content (AvgIpc) is 3.05. The van der Waals surface area contributed by atoms with Gasteiger partial charge in [0.15, 0.2) is 5.11 Å². The zero-order valence-electron chi connectivity index (χ0n) is 11.5. The van der Waals surface area contributed by atoms with Crippen LogP contribution in [0.3, 0.4) is 0 Å². The number of hydrogen-bond acceptors (Lipinski definition) is 3. The van der Waals surface area contributed by atoms with E-state index < -0.39 is 0 Å². The molecule has 0 saturated heterocycles. The lowest BCUT2D eigenvalue weighted by Gasteiger charge is -2.10. The zero-order chi connectivity index (χ0) is 14.9. The topological polar surface area (TPSA) is 53.2 Å². The van der Waals surface area contributed by atoms with Crippen LogP contribution in [0.25, 0.3) is 0 Å². The molecule has 4 nitrogen and oxygen atoms in total. The highest BCUT2D eigenvalue weighted by atomic mass is 32.1. The Morgan fingerprint density at radius 3 is 2.62 bits per heavy atom. The third-order valence-corrected chi connectivity index (χ3v) is 3.92. The van der Waals surface area contributed by atoms with Crippen LogP contribution in [0.4, 0.5) is 0 Å². The number of hydrogen-bond donors (Lipinski definition) is 3. The van der Waals surface area contributed by atoms with E-state index in [4.69, 9.17) is 12.2 Å². The molecule has 21 heavy (non-hydrogen) atoms. The number of thiophene rings is 1. The fourth-order valence-electron chi connectivity index (χ4n) is 1.77. The number of nitrogens with one attached hydrogen (secondary N) is 3. The molecule has 2 aromatic rings. The van der Waals surface area contributed by atoms with Gasteiger partial charge in [0, 0.05) is 6.54 Å². The van der Waals surface area contributed by atoms with Crippen LogP contribution in [0.5, 0.6) is 0 Å². The first-order chi connectivity index (χ1) is 10.3. The van der Waals surface area contributed by atoms with Gasteiger partial charge in [-0.05, 0) is 42.1 Å². The molecule has 1 aromatic heterocycles. The molecule has 1 heterocycles. The van der Waals surface area contributed by atoms with Gasteiger partial charge in [0.05, 0.1) is 4.88 Å². The molecule has 0 radical (unpaired) electrons. The summed E-state index contributed by atoms with van der Waals surface area (Å²) in [6, 6.07) is 13.9. The summed E-state index contributed by atoms with van der Waals surface area (Å²) in [5.41, 5.74) is 6.57. The van der Waals surface area contributed by atoms with Crippen LogP contribution in [0.1, 0.15) is 21.7 Å². The molecule has 0 bridgehead atoms. The minimum atomic E-state index is -0.182. The van der Waals surface area contributed by atoms with Gasteiger partial charge < -0.3 is 5.32 Å². The van der Waals surface area contributed by atoms with Gasteiger partial charge in [-0.15, -0.1) is 11.3 Å². The van der Waals surface area contributed by atoms with E-state index in [1.807, 2.05) is 29.6 Å². The normalized spacial score (nSPS) is 9.90. The largest absolute Gasteiger partial charge is 0.361 e. The Balaban J connectivity index is 1.59. The second-order valence-electron chi connectivity index (χ2n) is 4.40. The van der Waals surface area contributed by atoms with Crippen LogP contribution in [0.2, 0.25) is 0 Å². The van der Waals surface area contributed by atoms with Crippen LogP contribution in [-0.4, -0.2) is 17.6 Å². The lowest BCUT2D eigenvalue weighted by Crippen LogP contribution is -2.46. The molecule has 0 spiro atoms. The third kappa shape index (κ3) is 5.53. The Bertz CT molecular complexity index is 570. The monoisotopic (exact) mass is 319 g/mol. The van der Waals surface area contributed by atoms with Gasteiger partial charge in [-0.3, -0.25) is 15.6 Å². The standard InChI is InChI=1S/C15H17N3OS2/c19-14(13-9-5-11-21-13)17-18-15(20)16-10-4-8-12-6-2-1-3-7-12/h1-3,5-7,9,11H,4,8,10H2,(H,17,19)(H2,16,18,20). The fourth-order valence-corrected chi connectivity index (χ4v) is 2.54. The highest BCUT2D eigenvalue weighted by Crippen LogP contribution is 2.07. The number of rotatable bonds is 5. The van der Waals surface area contributed by atoms with Gasteiger partial charge in [-0.1, -0.05) is 36.4 Å². The number of aryl methyl sites for hydroxylation is 1. The number of carbonyl (C=O) groups excluding carboxylic acids is 1. The maximum atomic E-state index is 11.7. The highest BCUT2D eigenvalue weighted by molar-refractivity contribution is 7.80. The molecule has 3 N–H and O–H groups in total. The average molecular weight is 319 g/mol. The van der Waals surface area contributed by atoms with Crippen LogP contribution in [0.15, 0.2) is 47.8 Å². The maximum Gasteiger partial charge on any atom is 0.279 e. The molecule has 110 valence electrons. The van der Waals surface area contributed by atoms with E-state index in [1.165, 1.54) is 16.9 Å². The van der Waals surface area contributed by atoms with Crippen molar-refractivity contribution in [3.63, 3.8) is 0 Å². The highest BCUT2D eigenvalue weighted by Gasteiger charge is 2.05. The predicted molar refractivity (Wildman–Crippen MR) is 90.3 cm³/mol. The van der Waals surface area contributed by atoms with Gasteiger partial charge in [0.1, 0.15) is 0 Å². The van der Waals surface area contributed by atoms with Crippen LogP contribution < -0.4 is 16.2 Å². The Labute approximate surface area is 133 Å². The molecule has 0 unspecified atom stereocenters. The Kier molecular flexibility index (Phi) is 6.18. The summed E-state index contributed by atoms with van der Waals surface area (Å²) in [6.45, 7) is 0.760. The molecule has 0 aliphatic heterocycles. The summed E-state index contributed by atoms with van der Waals surface area (Å²) in [4.78, 5) is 12.3. The molecular formula is C15H17N3OS2. The van der Waals surface area contributed by atoms with Crippen molar-refractivity contribution < 1.29 is 4.79 Å². The summed E-state index contributed by atoms with van der Waals surface area (Å²) >= 11 is 6.48. The van der Waals surface area contributed by atoms with Crippen molar-refractivity contribution in [3.8, 4) is 0 Å². The maximum absolute atomic E-state index is 11.7. The number of benzene rings is 1. The molecule has 0 fully saturated rings. The van der Waals surface area contributed by atoms with Crippen LogP contribution in [-0.2, 0) is 6.42 Å². The van der Waals surface area contributed by atoms with Crippen LogP contribution >= 0.6 is 23.6 Å². The summed E-state index contributed by atoms with van der Waals surface area (Å²) in [5.74, 6) is -0.182. The molecule has 6 heteroatoms. The fraction of sp³-hybridized carbons (Fsp3) is 0.200. The zero-order valence-corrected chi connectivity index (χ0v) is 13.1. The Morgan fingerprint density at radius 2 is 1.90 bits per heavy atom.